The molecule has 0 spiro atoms. The lowest BCUT2D eigenvalue weighted by Crippen LogP contribution is -2.40. The highest BCUT2D eigenvalue weighted by Crippen LogP contribution is 2.31. The smallest absolute Gasteiger partial charge is 0.273 e. The Balaban J connectivity index is 2.30. The normalized spacial score (nSPS) is 24.0. The Morgan fingerprint density at radius 2 is 2.11 bits per heavy atom. The number of rotatable bonds is 2. The van der Waals surface area contributed by atoms with Gasteiger partial charge in [-0.1, -0.05) is 6.92 Å². The van der Waals surface area contributed by atoms with Crippen molar-refractivity contribution in [3.05, 3.63) is 28.3 Å². The van der Waals surface area contributed by atoms with E-state index in [9.17, 15) is 10.1 Å². The second-order valence-electron chi connectivity index (χ2n) is 5.21. The van der Waals surface area contributed by atoms with Gasteiger partial charge >= 0.3 is 0 Å². The number of nitrogens with zero attached hydrogens (tertiary/aromatic N) is 2. The van der Waals surface area contributed by atoms with Crippen LogP contribution in [0.4, 0.5) is 17.1 Å². The molecule has 2 rings (SSSR count). The van der Waals surface area contributed by atoms with Crippen LogP contribution in [0.2, 0.25) is 0 Å². The lowest BCUT2D eigenvalue weighted by molar-refractivity contribution is -0.384. The number of nitrogen functional groups attached to an aromatic ring is 1. The standard InChI is InChI=1S/C13H19N3O2/c1-9-3-4-15(10(2)5-9)12-6-11(14)7-13(8-12)16(17)18/h6-10H,3-5,14H2,1-2H3. The second-order valence-corrected chi connectivity index (χ2v) is 5.21. The Morgan fingerprint density at radius 1 is 1.39 bits per heavy atom. The summed E-state index contributed by atoms with van der Waals surface area (Å²) < 4.78 is 0. The Kier molecular flexibility index (Phi) is 3.41. The molecule has 0 amide bonds. The lowest BCUT2D eigenvalue weighted by Gasteiger charge is -2.38. The lowest BCUT2D eigenvalue weighted by atomic mass is 9.93. The van der Waals surface area contributed by atoms with Gasteiger partial charge in [-0.2, -0.15) is 0 Å². The Morgan fingerprint density at radius 3 is 2.72 bits per heavy atom. The van der Waals surface area contributed by atoms with Gasteiger partial charge < -0.3 is 10.6 Å². The molecule has 2 N–H and O–H groups in total. The highest BCUT2D eigenvalue weighted by Gasteiger charge is 2.24. The molecule has 1 fully saturated rings. The van der Waals surface area contributed by atoms with Crippen LogP contribution < -0.4 is 10.6 Å². The topological polar surface area (TPSA) is 72.4 Å². The maximum absolute atomic E-state index is 10.9. The monoisotopic (exact) mass is 249 g/mol. The van der Waals surface area contributed by atoms with Gasteiger partial charge in [0.15, 0.2) is 0 Å². The molecule has 2 atom stereocenters. The minimum absolute atomic E-state index is 0.0656. The van der Waals surface area contributed by atoms with Crippen molar-refractivity contribution in [1.82, 2.24) is 0 Å². The molecular formula is C13H19N3O2. The maximum Gasteiger partial charge on any atom is 0.273 e. The fourth-order valence-corrected chi connectivity index (χ4v) is 2.68. The molecule has 1 aliphatic rings. The summed E-state index contributed by atoms with van der Waals surface area (Å²) in [5, 5.41) is 10.9. The van der Waals surface area contributed by atoms with Crippen molar-refractivity contribution >= 4 is 17.1 Å². The highest BCUT2D eigenvalue weighted by atomic mass is 16.6. The van der Waals surface area contributed by atoms with E-state index in [0.29, 0.717) is 17.6 Å². The summed E-state index contributed by atoms with van der Waals surface area (Å²) in [5.41, 5.74) is 7.12. The van der Waals surface area contributed by atoms with Crippen LogP contribution in [-0.2, 0) is 0 Å². The number of hydrogen-bond donors (Lipinski definition) is 1. The molecule has 1 heterocycles. The molecule has 0 saturated carbocycles. The van der Waals surface area contributed by atoms with E-state index in [0.717, 1.165) is 25.1 Å². The number of anilines is 2. The average Bonchev–Trinajstić information content (AvgIpc) is 2.27. The minimum atomic E-state index is -0.392. The van der Waals surface area contributed by atoms with E-state index in [2.05, 4.69) is 18.7 Å². The Hall–Kier alpha value is -1.78. The number of nitro groups is 1. The first-order valence-electron chi connectivity index (χ1n) is 6.29. The number of benzene rings is 1. The SMILES string of the molecule is CC1CCN(c2cc(N)cc([N+](=O)[O-])c2)C(C)C1. The molecule has 1 aromatic rings. The minimum Gasteiger partial charge on any atom is -0.398 e. The van der Waals surface area contributed by atoms with Crippen LogP contribution in [0, 0.1) is 16.0 Å². The summed E-state index contributed by atoms with van der Waals surface area (Å²) in [5.74, 6) is 0.715. The number of hydrogen-bond acceptors (Lipinski definition) is 4. The summed E-state index contributed by atoms with van der Waals surface area (Å²) in [6, 6.07) is 5.23. The van der Waals surface area contributed by atoms with E-state index in [1.165, 1.54) is 6.07 Å². The first-order chi connectivity index (χ1) is 8.47. The zero-order valence-electron chi connectivity index (χ0n) is 10.8. The predicted molar refractivity (Wildman–Crippen MR) is 72.7 cm³/mol. The number of piperidine rings is 1. The molecule has 0 bridgehead atoms. The molecule has 18 heavy (non-hydrogen) atoms. The van der Waals surface area contributed by atoms with Gasteiger partial charge in [0, 0.05) is 36.1 Å². The van der Waals surface area contributed by atoms with E-state index in [4.69, 9.17) is 5.73 Å². The van der Waals surface area contributed by atoms with E-state index in [1.54, 1.807) is 6.07 Å². The van der Waals surface area contributed by atoms with E-state index in [1.807, 2.05) is 6.07 Å². The van der Waals surface area contributed by atoms with Crippen LogP contribution in [-0.4, -0.2) is 17.5 Å². The molecule has 5 heteroatoms. The molecule has 0 aromatic heterocycles. The van der Waals surface area contributed by atoms with E-state index in [-0.39, 0.29) is 5.69 Å². The quantitative estimate of drug-likeness (QED) is 0.497. The summed E-state index contributed by atoms with van der Waals surface area (Å²) in [7, 11) is 0. The van der Waals surface area contributed by atoms with Crippen LogP contribution >= 0.6 is 0 Å². The van der Waals surface area contributed by atoms with Crippen LogP contribution in [0.15, 0.2) is 18.2 Å². The number of nitro benzene ring substituents is 1. The van der Waals surface area contributed by atoms with Gasteiger partial charge in [0.1, 0.15) is 0 Å². The van der Waals surface area contributed by atoms with Crippen molar-refractivity contribution in [2.75, 3.05) is 17.2 Å². The van der Waals surface area contributed by atoms with E-state index < -0.39 is 4.92 Å². The summed E-state index contributed by atoms with van der Waals surface area (Å²) in [6.07, 6.45) is 2.23. The van der Waals surface area contributed by atoms with Gasteiger partial charge in [-0.05, 0) is 31.7 Å². The molecule has 1 aromatic carbocycles. The van der Waals surface area contributed by atoms with Gasteiger partial charge in [0.25, 0.3) is 5.69 Å². The number of non-ortho nitro benzene ring substituents is 1. The zero-order chi connectivity index (χ0) is 13.3. The Bertz CT molecular complexity index is 462. The second kappa shape index (κ2) is 4.84. The average molecular weight is 249 g/mol. The van der Waals surface area contributed by atoms with Gasteiger partial charge in [-0.15, -0.1) is 0 Å². The third-order valence-corrected chi connectivity index (χ3v) is 3.61. The third-order valence-electron chi connectivity index (χ3n) is 3.61. The Labute approximate surface area is 107 Å². The molecular weight excluding hydrogens is 230 g/mol. The van der Waals surface area contributed by atoms with Crippen molar-refractivity contribution in [3.8, 4) is 0 Å². The van der Waals surface area contributed by atoms with Gasteiger partial charge in [0.05, 0.1) is 4.92 Å². The third kappa shape index (κ3) is 2.55. The van der Waals surface area contributed by atoms with Crippen LogP contribution in [0.25, 0.3) is 0 Å². The summed E-state index contributed by atoms with van der Waals surface area (Å²) >= 11 is 0. The fraction of sp³-hybridized carbons (Fsp3) is 0.538. The molecule has 1 saturated heterocycles. The maximum atomic E-state index is 10.9. The van der Waals surface area contributed by atoms with Crippen molar-refractivity contribution in [1.29, 1.82) is 0 Å². The predicted octanol–water partition coefficient (Wildman–Crippen LogP) is 2.80. The first kappa shape index (κ1) is 12.7. The molecule has 5 nitrogen and oxygen atoms in total. The van der Waals surface area contributed by atoms with Crippen LogP contribution in [0.5, 0.6) is 0 Å². The summed E-state index contributed by atoms with van der Waals surface area (Å²) in [4.78, 5) is 12.7. The van der Waals surface area contributed by atoms with Crippen molar-refractivity contribution < 1.29 is 4.92 Å². The molecule has 2 unspecified atom stereocenters. The van der Waals surface area contributed by atoms with E-state index >= 15 is 0 Å². The van der Waals surface area contributed by atoms with Crippen molar-refractivity contribution in [2.24, 2.45) is 5.92 Å². The van der Waals surface area contributed by atoms with Crippen LogP contribution in [0.1, 0.15) is 26.7 Å². The largest absolute Gasteiger partial charge is 0.398 e. The molecule has 1 aliphatic heterocycles. The molecule has 0 aliphatic carbocycles. The molecule has 98 valence electrons. The number of nitrogens with two attached hydrogens (primary N) is 1. The van der Waals surface area contributed by atoms with Gasteiger partial charge in [-0.3, -0.25) is 10.1 Å². The fourth-order valence-electron chi connectivity index (χ4n) is 2.68. The summed E-state index contributed by atoms with van der Waals surface area (Å²) in [6.45, 7) is 5.34. The first-order valence-corrected chi connectivity index (χ1v) is 6.29. The highest BCUT2D eigenvalue weighted by molar-refractivity contribution is 5.63. The van der Waals surface area contributed by atoms with Crippen molar-refractivity contribution in [2.45, 2.75) is 32.7 Å². The van der Waals surface area contributed by atoms with Crippen molar-refractivity contribution in [3.63, 3.8) is 0 Å². The zero-order valence-corrected chi connectivity index (χ0v) is 10.8. The van der Waals surface area contributed by atoms with Gasteiger partial charge in [-0.25, -0.2) is 0 Å². The van der Waals surface area contributed by atoms with Gasteiger partial charge in [0.2, 0.25) is 0 Å². The molecule has 0 radical (unpaired) electrons. The van der Waals surface area contributed by atoms with Crippen LogP contribution in [0.3, 0.4) is 0 Å².